The Labute approximate surface area is 139 Å². The zero-order valence-electron chi connectivity index (χ0n) is 12.7. The topological polar surface area (TPSA) is 71.4 Å². The lowest BCUT2D eigenvalue weighted by molar-refractivity contribution is -0.482. The van der Waals surface area contributed by atoms with Crippen molar-refractivity contribution in [2.45, 2.75) is 19.8 Å². The maximum Gasteiger partial charge on any atom is 0.351 e. The molecule has 0 saturated heterocycles. The lowest BCUT2D eigenvalue weighted by Gasteiger charge is -2.13. The molecule has 3 rings (SSSR count). The number of hydrogen-bond acceptors (Lipinski definition) is 4. The minimum Gasteiger partial charge on any atom is -0.453 e. The minimum atomic E-state index is -0.324. The maximum absolute atomic E-state index is 12.7. The predicted octanol–water partition coefficient (Wildman–Crippen LogP) is 2.41. The van der Waals surface area contributed by atoms with E-state index in [9.17, 15) is 4.79 Å². The average Bonchev–Trinajstić information content (AvgIpc) is 2.54. The summed E-state index contributed by atoms with van der Waals surface area (Å²) in [6.45, 7) is 1.99. The predicted molar refractivity (Wildman–Crippen MR) is 92.8 cm³/mol. The Kier molecular flexibility index (Phi) is 4.25. The van der Waals surface area contributed by atoms with Crippen molar-refractivity contribution in [2.24, 2.45) is 0 Å². The summed E-state index contributed by atoms with van der Waals surface area (Å²) >= 11 is 4.31. The maximum atomic E-state index is 12.7. The first kappa shape index (κ1) is 15.4. The van der Waals surface area contributed by atoms with E-state index in [1.54, 1.807) is 6.20 Å². The van der Waals surface area contributed by atoms with Gasteiger partial charge in [0.05, 0.1) is 0 Å². The van der Waals surface area contributed by atoms with Crippen molar-refractivity contribution in [3.8, 4) is 11.4 Å². The van der Waals surface area contributed by atoms with E-state index in [4.69, 9.17) is 10.5 Å². The van der Waals surface area contributed by atoms with E-state index in [2.05, 4.69) is 17.7 Å². The van der Waals surface area contributed by atoms with Crippen LogP contribution in [0.15, 0.2) is 58.1 Å². The summed E-state index contributed by atoms with van der Waals surface area (Å²) in [5.74, 6) is 0.833. The fourth-order valence-corrected chi connectivity index (χ4v) is 2.48. The Morgan fingerprint density at radius 2 is 1.96 bits per heavy atom. The lowest BCUT2D eigenvalue weighted by atomic mass is 10.1. The van der Waals surface area contributed by atoms with E-state index < -0.39 is 0 Å². The van der Waals surface area contributed by atoms with Crippen molar-refractivity contribution < 1.29 is 9.84 Å². The molecule has 6 heteroatoms. The molecule has 2 aromatic rings. The normalized spacial score (nSPS) is 14.2. The molecule has 1 heterocycles. The van der Waals surface area contributed by atoms with E-state index in [-0.39, 0.29) is 17.0 Å². The zero-order chi connectivity index (χ0) is 16.4. The van der Waals surface area contributed by atoms with E-state index in [1.807, 2.05) is 43.3 Å². The average molecular weight is 328 g/mol. The number of nitrogen functional groups attached to an aromatic ring is 1. The number of aromatic nitrogens is 2. The van der Waals surface area contributed by atoms with Crippen LogP contribution in [0.5, 0.6) is 5.75 Å². The second-order valence-corrected chi connectivity index (χ2v) is 6.00. The van der Waals surface area contributed by atoms with Crippen LogP contribution in [0, 0.1) is 6.92 Å². The summed E-state index contributed by atoms with van der Waals surface area (Å²) in [6, 6.07) is 7.61. The molecule has 0 aliphatic heterocycles. The number of benzene rings is 1. The third-order valence-electron chi connectivity index (χ3n) is 3.62. The van der Waals surface area contributed by atoms with Crippen molar-refractivity contribution in [3.05, 3.63) is 69.2 Å². The van der Waals surface area contributed by atoms with Gasteiger partial charge in [-0.25, -0.2) is 0 Å². The standard InChI is InChI=1S/C17H17N3O2S/c1-11-2-4-12(5-3-11)20-17(21)16(15(18)10-19-20)22-13-6-8-14(23)9-7-13/h2-6,8,10,23H,7,9,18H2,1H3/p+1. The number of anilines is 1. The van der Waals surface area contributed by atoms with Crippen LogP contribution in [0.25, 0.3) is 5.69 Å². The molecular formula is C17H18N3O2S+. The number of nitrogens with zero attached hydrogens (tertiary/aromatic N) is 1. The van der Waals surface area contributed by atoms with Gasteiger partial charge in [0.25, 0.3) is 0 Å². The zero-order valence-corrected chi connectivity index (χ0v) is 13.6. The van der Waals surface area contributed by atoms with E-state index in [0.29, 0.717) is 12.2 Å². The molecule has 3 N–H and O–H groups in total. The molecule has 1 aliphatic rings. The third-order valence-corrected chi connectivity index (χ3v) is 4.00. The number of thiol groups is 1. The summed E-state index contributed by atoms with van der Waals surface area (Å²) in [5.41, 5.74) is 7.71. The largest absolute Gasteiger partial charge is 0.453 e. The fraction of sp³-hybridized carbons (Fsp3) is 0.176. The third kappa shape index (κ3) is 3.32. The highest BCUT2D eigenvalue weighted by Gasteiger charge is 2.18. The molecule has 1 aliphatic carbocycles. The molecule has 0 spiro atoms. The van der Waals surface area contributed by atoms with Crippen LogP contribution in [0.1, 0.15) is 18.4 Å². The molecule has 0 fully saturated rings. The molecule has 5 nitrogen and oxygen atoms in total. The van der Waals surface area contributed by atoms with Crippen molar-refractivity contribution in [1.82, 2.24) is 4.68 Å². The van der Waals surface area contributed by atoms with Gasteiger partial charge in [0.2, 0.25) is 11.9 Å². The van der Waals surface area contributed by atoms with Crippen LogP contribution >= 0.6 is 12.6 Å². The van der Waals surface area contributed by atoms with E-state index in [1.165, 1.54) is 4.68 Å². The second-order valence-electron chi connectivity index (χ2n) is 5.43. The number of nitrogens with one attached hydrogen (secondary N) is 1. The first-order chi connectivity index (χ1) is 11.0. The van der Waals surface area contributed by atoms with Gasteiger partial charge < -0.3 is 10.5 Å². The van der Waals surface area contributed by atoms with Crippen LogP contribution in [-0.4, -0.2) is 4.68 Å². The number of aryl methyl sites for hydroxylation is 1. The molecule has 0 atom stereocenters. The van der Waals surface area contributed by atoms with Gasteiger partial charge in [0, 0.05) is 6.42 Å². The van der Waals surface area contributed by atoms with Gasteiger partial charge in [-0.1, -0.05) is 22.4 Å². The molecule has 23 heavy (non-hydrogen) atoms. The summed E-state index contributed by atoms with van der Waals surface area (Å²) in [7, 11) is 0. The van der Waals surface area contributed by atoms with Crippen molar-refractivity contribution in [1.29, 1.82) is 0 Å². The molecule has 0 saturated carbocycles. The molecule has 118 valence electrons. The van der Waals surface area contributed by atoms with Gasteiger partial charge in [-0.2, -0.15) is 0 Å². The summed E-state index contributed by atoms with van der Waals surface area (Å²) < 4.78 is 7.17. The molecule has 0 bridgehead atoms. The Morgan fingerprint density at radius 1 is 1.22 bits per heavy atom. The summed E-state index contributed by atoms with van der Waals surface area (Å²) in [4.78, 5) is 13.7. The van der Waals surface area contributed by atoms with E-state index in [0.717, 1.165) is 22.6 Å². The van der Waals surface area contributed by atoms with Gasteiger partial charge >= 0.3 is 5.56 Å². The van der Waals surface area contributed by atoms with Crippen molar-refractivity contribution in [3.63, 3.8) is 0 Å². The van der Waals surface area contributed by atoms with Crippen LogP contribution in [-0.2, 0) is 0 Å². The number of nitrogens with two attached hydrogens (primary N) is 1. The molecular weight excluding hydrogens is 310 g/mol. The van der Waals surface area contributed by atoms with Crippen molar-refractivity contribution >= 4 is 18.3 Å². The lowest BCUT2D eigenvalue weighted by Crippen LogP contribution is -2.34. The monoisotopic (exact) mass is 328 g/mol. The van der Waals surface area contributed by atoms with Gasteiger partial charge in [-0.05, 0) is 42.5 Å². The number of hydrogen-bond donors (Lipinski definition) is 2. The first-order valence-corrected chi connectivity index (χ1v) is 7.76. The fourth-order valence-electron chi connectivity index (χ4n) is 2.29. The number of ether oxygens (including phenoxy) is 1. The van der Waals surface area contributed by atoms with Crippen LogP contribution < -0.4 is 21.1 Å². The Balaban J connectivity index is 1.99. The van der Waals surface area contributed by atoms with Gasteiger partial charge in [0.15, 0.2) is 0 Å². The summed E-state index contributed by atoms with van der Waals surface area (Å²) in [5, 5.41) is 2.88. The molecule has 1 aromatic heterocycles. The Morgan fingerprint density at radius 3 is 2.61 bits per heavy atom. The first-order valence-electron chi connectivity index (χ1n) is 7.31. The quantitative estimate of drug-likeness (QED) is 0.850. The second kappa shape index (κ2) is 6.34. The van der Waals surface area contributed by atoms with Crippen LogP contribution in [0.4, 0.5) is 5.69 Å². The number of rotatable bonds is 3. The van der Waals surface area contributed by atoms with Crippen molar-refractivity contribution in [2.75, 3.05) is 5.73 Å². The van der Waals surface area contributed by atoms with Crippen LogP contribution in [0.2, 0.25) is 0 Å². The highest BCUT2D eigenvalue weighted by molar-refractivity contribution is 7.84. The molecule has 0 radical (unpaired) electrons. The smallest absolute Gasteiger partial charge is 0.351 e. The molecule has 0 amide bonds. The number of allylic oxidation sites excluding steroid dienone is 4. The molecule has 1 aromatic carbocycles. The summed E-state index contributed by atoms with van der Waals surface area (Å²) in [6.07, 6.45) is 6.72. The number of H-pyrrole nitrogens is 1. The Hall–Kier alpha value is -2.47. The molecule has 0 unspecified atom stereocenters. The van der Waals surface area contributed by atoms with E-state index >= 15 is 0 Å². The minimum absolute atomic E-state index is 0.131. The van der Waals surface area contributed by atoms with Crippen LogP contribution in [0.3, 0.4) is 0 Å². The van der Waals surface area contributed by atoms with Gasteiger partial charge in [-0.15, -0.1) is 17.7 Å². The van der Waals surface area contributed by atoms with Gasteiger partial charge in [0.1, 0.15) is 17.1 Å². The highest BCUT2D eigenvalue weighted by atomic mass is 32.1. The number of aromatic amines is 1. The Bertz CT molecular complexity index is 851. The highest BCUT2D eigenvalue weighted by Crippen LogP contribution is 2.24. The SMILES string of the molecule is Cc1ccc(-n2[nH+]cc(N)c(OC3=CC=C(S)CC3)c2=O)cc1. The van der Waals surface area contributed by atoms with Gasteiger partial charge in [-0.3, -0.25) is 4.79 Å².